The highest BCUT2D eigenvalue weighted by Crippen LogP contribution is 2.18. The Labute approximate surface area is 114 Å². The Bertz CT molecular complexity index is 683. The number of fused-ring (bicyclic) bond motifs is 1. The van der Waals surface area contributed by atoms with Crippen LogP contribution in [0.25, 0.3) is 11.0 Å². The van der Waals surface area contributed by atoms with Crippen molar-refractivity contribution < 1.29 is 0 Å². The predicted molar refractivity (Wildman–Crippen MR) is 77.4 cm³/mol. The summed E-state index contributed by atoms with van der Waals surface area (Å²) in [4.78, 5) is 4.42. The Morgan fingerprint density at radius 2 is 1.89 bits per heavy atom. The van der Waals surface area contributed by atoms with Crippen LogP contribution in [0.1, 0.15) is 11.1 Å². The first-order valence-electron chi connectivity index (χ1n) is 5.74. The summed E-state index contributed by atoms with van der Waals surface area (Å²) in [5.41, 5.74) is 4.34. The highest BCUT2D eigenvalue weighted by molar-refractivity contribution is 9.10. The van der Waals surface area contributed by atoms with Crippen molar-refractivity contribution in [3.05, 3.63) is 71.3 Å². The second kappa shape index (κ2) is 4.58. The summed E-state index contributed by atoms with van der Waals surface area (Å²) in [6.07, 6.45) is 1.88. The maximum Gasteiger partial charge on any atom is 0.0961 e. The molecule has 0 saturated heterocycles. The van der Waals surface area contributed by atoms with Crippen molar-refractivity contribution in [2.24, 2.45) is 0 Å². The van der Waals surface area contributed by atoms with Crippen molar-refractivity contribution in [2.45, 2.75) is 6.54 Å². The molecule has 3 aromatic rings. The summed E-state index contributed by atoms with van der Waals surface area (Å²) < 4.78 is 3.24. The van der Waals surface area contributed by atoms with E-state index in [-0.39, 0.29) is 0 Å². The van der Waals surface area contributed by atoms with Crippen LogP contribution in [0.15, 0.2) is 53.3 Å². The molecule has 0 aliphatic heterocycles. The van der Waals surface area contributed by atoms with Gasteiger partial charge in [-0.3, -0.25) is 0 Å². The summed E-state index contributed by atoms with van der Waals surface area (Å²) in [5, 5.41) is 0. The minimum atomic E-state index is 0.827. The molecular weight excluding hydrogens is 288 g/mol. The Morgan fingerprint density at radius 3 is 2.67 bits per heavy atom. The number of nitrogens with zero attached hydrogens (tertiary/aromatic N) is 2. The lowest BCUT2D eigenvalue weighted by atomic mass is 10.2. The lowest BCUT2D eigenvalue weighted by Crippen LogP contribution is -1.97. The average molecular weight is 300 g/mol. The van der Waals surface area contributed by atoms with E-state index in [0.717, 1.165) is 27.6 Å². The summed E-state index contributed by atoms with van der Waals surface area (Å²) in [6, 6.07) is 14.4. The first kappa shape index (κ1) is 11.5. The SMILES string of the molecule is [CH2]c1cccc2c1ncn2Cc1ccc(Br)cc1. The third-order valence-electron chi connectivity index (χ3n) is 3.00. The first-order chi connectivity index (χ1) is 8.74. The Morgan fingerprint density at radius 1 is 1.11 bits per heavy atom. The molecule has 0 fully saturated rings. The fraction of sp³-hybridized carbons (Fsp3) is 0.0667. The maximum atomic E-state index is 4.42. The van der Waals surface area contributed by atoms with Gasteiger partial charge in [0.05, 0.1) is 17.4 Å². The molecule has 0 spiro atoms. The number of halogens is 1. The van der Waals surface area contributed by atoms with Crippen LogP contribution < -0.4 is 0 Å². The fourth-order valence-corrected chi connectivity index (χ4v) is 2.33. The topological polar surface area (TPSA) is 17.8 Å². The maximum absolute atomic E-state index is 4.42. The average Bonchev–Trinajstić information content (AvgIpc) is 2.77. The molecule has 0 saturated carbocycles. The minimum absolute atomic E-state index is 0.827. The number of para-hydroxylation sites is 1. The second-order valence-electron chi connectivity index (χ2n) is 4.28. The molecule has 2 aromatic carbocycles. The zero-order valence-corrected chi connectivity index (χ0v) is 11.4. The van der Waals surface area contributed by atoms with Crippen LogP contribution in [-0.2, 0) is 6.54 Å². The largest absolute Gasteiger partial charge is 0.326 e. The van der Waals surface area contributed by atoms with Crippen molar-refractivity contribution in [3.63, 3.8) is 0 Å². The van der Waals surface area contributed by atoms with Gasteiger partial charge in [-0.2, -0.15) is 0 Å². The molecule has 3 heteroatoms. The van der Waals surface area contributed by atoms with Crippen molar-refractivity contribution in [1.82, 2.24) is 9.55 Å². The minimum Gasteiger partial charge on any atom is -0.326 e. The van der Waals surface area contributed by atoms with Gasteiger partial charge in [-0.15, -0.1) is 0 Å². The van der Waals surface area contributed by atoms with Crippen LogP contribution in [0.3, 0.4) is 0 Å². The van der Waals surface area contributed by atoms with Crippen LogP contribution in [0.5, 0.6) is 0 Å². The van der Waals surface area contributed by atoms with Crippen molar-refractivity contribution >= 4 is 27.0 Å². The third-order valence-corrected chi connectivity index (χ3v) is 3.53. The molecule has 3 rings (SSSR count). The quantitative estimate of drug-likeness (QED) is 0.698. The Balaban J connectivity index is 2.00. The van der Waals surface area contributed by atoms with Crippen LogP contribution in [0, 0.1) is 6.92 Å². The zero-order valence-electron chi connectivity index (χ0n) is 9.81. The number of benzene rings is 2. The third kappa shape index (κ3) is 2.06. The smallest absolute Gasteiger partial charge is 0.0961 e. The van der Waals surface area contributed by atoms with E-state index in [4.69, 9.17) is 0 Å². The normalized spacial score (nSPS) is 11.0. The molecule has 18 heavy (non-hydrogen) atoms. The lowest BCUT2D eigenvalue weighted by molar-refractivity contribution is 0.824. The molecule has 1 aromatic heterocycles. The molecule has 0 aliphatic carbocycles. The summed E-state index contributed by atoms with van der Waals surface area (Å²) >= 11 is 3.45. The Kier molecular flexibility index (Phi) is 2.92. The fourth-order valence-electron chi connectivity index (χ4n) is 2.06. The van der Waals surface area contributed by atoms with Gasteiger partial charge in [-0.25, -0.2) is 4.98 Å². The van der Waals surface area contributed by atoms with Gasteiger partial charge in [-0.05, 0) is 36.2 Å². The van der Waals surface area contributed by atoms with Gasteiger partial charge in [0.25, 0.3) is 0 Å². The highest BCUT2D eigenvalue weighted by Gasteiger charge is 2.04. The van der Waals surface area contributed by atoms with Gasteiger partial charge in [0, 0.05) is 11.0 Å². The van der Waals surface area contributed by atoms with Crippen LogP contribution >= 0.6 is 15.9 Å². The number of hydrogen-bond acceptors (Lipinski definition) is 1. The standard InChI is InChI=1S/C15H12BrN2/c1-11-3-2-4-14-15(11)17-10-18(14)9-12-5-7-13(16)8-6-12/h2-8,10H,1,9H2. The van der Waals surface area contributed by atoms with Crippen molar-refractivity contribution in [3.8, 4) is 0 Å². The monoisotopic (exact) mass is 299 g/mol. The number of imidazole rings is 1. The molecule has 0 aliphatic rings. The van der Waals surface area contributed by atoms with E-state index in [1.807, 2.05) is 18.5 Å². The number of rotatable bonds is 2. The van der Waals surface area contributed by atoms with E-state index in [2.05, 4.69) is 62.7 Å². The van der Waals surface area contributed by atoms with Gasteiger partial charge in [-0.1, -0.05) is 40.2 Å². The van der Waals surface area contributed by atoms with Crippen molar-refractivity contribution in [2.75, 3.05) is 0 Å². The van der Waals surface area contributed by atoms with Crippen LogP contribution in [0.2, 0.25) is 0 Å². The van der Waals surface area contributed by atoms with Gasteiger partial charge >= 0.3 is 0 Å². The lowest BCUT2D eigenvalue weighted by Gasteiger charge is -2.05. The van der Waals surface area contributed by atoms with E-state index in [1.54, 1.807) is 0 Å². The van der Waals surface area contributed by atoms with Gasteiger partial charge < -0.3 is 4.57 Å². The van der Waals surface area contributed by atoms with E-state index in [9.17, 15) is 0 Å². The molecule has 89 valence electrons. The van der Waals surface area contributed by atoms with Gasteiger partial charge in [0.2, 0.25) is 0 Å². The highest BCUT2D eigenvalue weighted by atomic mass is 79.9. The molecule has 0 atom stereocenters. The van der Waals surface area contributed by atoms with Crippen LogP contribution in [-0.4, -0.2) is 9.55 Å². The van der Waals surface area contributed by atoms with E-state index >= 15 is 0 Å². The van der Waals surface area contributed by atoms with Gasteiger partial charge in [0.1, 0.15) is 0 Å². The molecule has 2 nitrogen and oxygen atoms in total. The first-order valence-corrected chi connectivity index (χ1v) is 6.53. The number of hydrogen-bond donors (Lipinski definition) is 0. The van der Waals surface area contributed by atoms with Crippen LogP contribution in [0.4, 0.5) is 0 Å². The number of aromatic nitrogens is 2. The molecule has 0 N–H and O–H groups in total. The molecule has 0 amide bonds. The van der Waals surface area contributed by atoms with E-state index in [0.29, 0.717) is 0 Å². The summed E-state index contributed by atoms with van der Waals surface area (Å²) in [7, 11) is 0. The molecule has 1 heterocycles. The molecule has 1 radical (unpaired) electrons. The van der Waals surface area contributed by atoms with E-state index < -0.39 is 0 Å². The molecule has 0 bridgehead atoms. The molecule has 0 unspecified atom stereocenters. The summed E-state index contributed by atoms with van der Waals surface area (Å²) in [6.45, 7) is 4.83. The zero-order chi connectivity index (χ0) is 12.5. The second-order valence-corrected chi connectivity index (χ2v) is 5.20. The predicted octanol–water partition coefficient (Wildman–Crippen LogP) is 4.03. The van der Waals surface area contributed by atoms with Gasteiger partial charge in [0.15, 0.2) is 0 Å². The summed E-state index contributed by atoms with van der Waals surface area (Å²) in [5.74, 6) is 0. The van der Waals surface area contributed by atoms with E-state index in [1.165, 1.54) is 5.56 Å². The van der Waals surface area contributed by atoms with Crippen molar-refractivity contribution in [1.29, 1.82) is 0 Å². The Hall–Kier alpha value is -1.61. The molecular formula is C15H12BrN2.